The fourth-order valence-corrected chi connectivity index (χ4v) is 2.30. The van der Waals surface area contributed by atoms with Gasteiger partial charge >= 0.3 is 0 Å². The Kier molecular flexibility index (Phi) is 5.58. The van der Waals surface area contributed by atoms with E-state index in [1.54, 1.807) is 13.0 Å². The molecule has 128 valence electrons. The number of anilines is 3. The second kappa shape index (κ2) is 7.83. The Morgan fingerprint density at radius 1 is 0.760 bits per heavy atom. The van der Waals surface area contributed by atoms with E-state index < -0.39 is 4.92 Å². The van der Waals surface area contributed by atoms with Gasteiger partial charge in [0.2, 0.25) is 0 Å². The molecule has 6 nitrogen and oxygen atoms in total. The van der Waals surface area contributed by atoms with Crippen LogP contribution in [0.2, 0.25) is 0 Å². The molecular formula is C19H20N4O2. The SMILES string of the molecule is Cc1ccc(N)c([N+](=O)[O-])c1.Nc1ccccc1-c1ccccc1N. The largest absolute Gasteiger partial charge is 0.398 e. The number of para-hydroxylation sites is 2. The fraction of sp³-hybridized carbons (Fsp3) is 0.0526. The average molecular weight is 336 g/mol. The number of benzene rings is 3. The molecule has 0 aliphatic rings. The zero-order valence-electron chi connectivity index (χ0n) is 13.8. The Morgan fingerprint density at radius 2 is 1.24 bits per heavy atom. The topological polar surface area (TPSA) is 121 Å². The van der Waals surface area contributed by atoms with Crippen LogP contribution in [0.3, 0.4) is 0 Å². The third-order valence-corrected chi connectivity index (χ3v) is 3.59. The van der Waals surface area contributed by atoms with Crippen LogP contribution in [-0.4, -0.2) is 4.92 Å². The van der Waals surface area contributed by atoms with E-state index in [0.29, 0.717) is 0 Å². The zero-order valence-corrected chi connectivity index (χ0v) is 13.8. The molecule has 0 aliphatic carbocycles. The molecule has 0 radical (unpaired) electrons. The summed E-state index contributed by atoms with van der Waals surface area (Å²) in [6.45, 7) is 1.78. The van der Waals surface area contributed by atoms with Crippen molar-refractivity contribution in [1.29, 1.82) is 0 Å². The summed E-state index contributed by atoms with van der Waals surface area (Å²) in [7, 11) is 0. The Labute approximate surface area is 146 Å². The molecule has 0 spiro atoms. The molecule has 0 heterocycles. The molecule has 3 aromatic carbocycles. The summed E-state index contributed by atoms with van der Waals surface area (Å²) in [5.41, 5.74) is 21.6. The lowest BCUT2D eigenvalue weighted by Gasteiger charge is -2.07. The molecule has 0 fully saturated rings. The third-order valence-electron chi connectivity index (χ3n) is 3.59. The fourth-order valence-electron chi connectivity index (χ4n) is 2.30. The summed E-state index contributed by atoms with van der Waals surface area (Å²) >= 11 is 0. The lowest BCUT2D eigenvalue weighted by molar-refractivity contribution is -0.383. The number of aryl methyl sites for hydroxylation is 1. The third kappa shape index (κ3) is 4.48. The van der Waals surface area contributed by atoms with Gasteiger partial charge in [-0.05, 0) is 30.7 Å². The summed E-state index contributed by atoms with van der Waals surface area (Å²) in [5, 5.41) is 10.3. The van der Waals surface area contributed by atoms with Crippen molar-refractivity contribution < 1.29 is 4.92 Å². The molecular weight excluding hydrogens is 316 g/mol. The Bertz CT molecular complexity index is 851. The number of hydrogen-bond donors (Lipinski definition) is 3. The van der Waals surface area contributed by atoms with Crippen LogP contribution in [0.5, 0.6) is 0 Å². The first-order valence-corrected chi connectivity index (χ1v) is 7.60. The molecule has 3 rings (SSSR count). The highest BCUT2D eigenvalue weighted by Gasteiger charge is 2.09. The van der Waals surface area contributed by atoms with Crippen LogP contribution < -0.4 is 17.2 Å². The molecule has 0 atom stereocenters. The maximum absolute atomic E-state index is 10.3. The maximum Gasteiger partial charge on any atom is 0.292 e. The number of hydrogen-bond acceptors (Lipinski definition) is 5. The second-order valence-corrected chi connectivity index (χ2v) is 5.49. The van der Waals surface area contributed by atoms with Crippen LogP contribution in [0, 0.1) is 17.0 Å². The van der Waals surface area contributed by atoms with Gasteiger partial charge in [0, 0.05) is 28.6 Å². The van der Waals surface area contributed by atoms with E-state index >= 15 is 0 Å². The first-order chi connectivity index (χ1) is 11.9. The van der Waals surface area contributed by atoms with Crippen LogP contribution in [-0.2, 0) is 0 Å². The van der Waals surface area contributed by atoms with E-state index in [0.717, 1.165) is 28.1 Å². The van der Waals surface area contributed by atoms with Crippen molar-refractivity contribution in [3.63, 3.8) is 0 Å². The Morgan fingerprint density at radius 3 is 1.64 bits per heavy atom. The molecule has 0 saturated carbocycles. The zero-order chi connectivity index (χ0) is 18.4. The lowest BCUT2D eigenvalue weighted by Crippen LogP contribution is -1.95. The lowest BCUT2D eigenvalue weighted by atomic mass is 10.0. The normalized spacial score (nSPS) is 9.80. The predicted molar refractivity (Wildman–Crippen MR) is 103 cm³/mol. The van der Waals surface area contributed by atoms with Gasteiger partial charge in [-0.25, -0.2) is 0 Å². The van der Waals surface area contributed by atoms with Crippen molar-refractivity contribution >= 4 is 22.7 Å². The van der Waals surface area contributed by atoms with E-state index in [9.17, 15) is 10.1 Å². The standard InChI is InChI=1S/C12H12N2.C7H8N2O2/c13-11-7-3-1-5-9(11)10-6-2-4-8-12(10)14;1-5-2-3-6(8)7(4-5)9(10)11/h1-8H,13-14H2;2-4H,8H2,1H3. The minimum atomic E-state index is -0.484. The van der Waals surface area contributed by atoms with E-state index in [4.69, 9.17) is 17.2 Å². The van der Waals surface area contributed by atoms with E-state index in [-0.39, 0.29) is 11.4 Å². The summed E-state index contributed by atoms with van der Waals surface area (Å²) in [6, 6.07) is 20.2. The first kappa shape index (κ1) is 17.8. The Hall–Kier alpha value is -3.54. The van der Waals surface area contributed by atoms with Gasteiger partial charge in [0.15, 0.2) is 0 Å². The number of nitro groups is 1. The summed E-state index contributed by atoms with van der Waals surface area (Å²) < 4.78 is 0. The summed E-state index contributed by atoms with van der Waals surface area (Å²) in [5.74, 6) is 0. The van der Waals surface area contributed by atoms with Gasteiger partial charge in [0.1, 0.15) is 5.69 Å². The Balaban J connectivity index is 0.000000186. The van der Waals surface area contributed by atoms with Crippen LogP contribution in [0.1, 0.15) is 5.56 Å². The van der Waals surface area contributed by atoms with Gasteiger partial charge in [0.25, 0.3) is 5.69 Å². The predicted octanol–water partition coefficient (Wildman–Crippen LogP) is 4.00. The monoisotopic (exact) mass is 336 g/mol. The molecule has 25 heavy (non-hydrogen) atoms. The number of rotatable bonds is 2. The number of nitrogens with zero attached hydrogens (tertiary/aromatic N) is 1. The molecule has 0 amide bonds. The molecule has 3 aromatic rings. The van der Waals surface area contributed by atoms with Gasteiger partial charge in [-0.3, -0.25) is 10.1 Å². The highest BCUT2D eigenvalue weighted by atomic mass is 16.6. The van der Waals surface area contributed by atoms with Crippen molar-refractivity contribution in [2.75, 3.05) is 17.2 Å². The van der Waals surface area contributed by atoms with Crippen LogP contribution in [0.4, 0.5) is 22.7 Å². The molecule has 0 unspecified atom stereocenters. The molecule has 0 saturated heterocycles. The van der Waals surface area contributed by atoms with E-state index in [1.165, 1.54) is 12.1 Å². The van der Waals surface area contributed by atoms with Gasteiger partial charge < -0.3 is 17.2 Å². The van der Waals surface area contributed by atoms with Crippen molar-refractivity contribution in [3.05, 3.63) is 82.4 Å². The number of nitro benzene ring substituents is 1. The van der Waals surface area contributed by atoms with Crippen LogP contribution in [0.25, 0.3) is 11.1 Å². The maximum atomic E-state index is 10.3. The second-order valence-electron chi connectivity index (χ2n) is 5.49. The molecule has 0 bridgehead atoms. The minimum absolute atomic E-state index is 0.0231. The van der Waals surface area contributed by atoms with Gasteiger partial charge in [0.05, 0.1) is 4.92 Å². The number of nitrogens with two attached hydrogens (primary N) is 3. The molecule has 0 aromatic heterocycles. The quantitative estimate of drug-likeness (QED) is 0.371. The molecule has 6 N–H and O–H groups in total. The van der Waals surface area contributed by atoms with Crippen molar-refractivity contribution in [2.24, 2.45) is 0 Å². The van der Waals surface area contributed by atoms with E-state index in [2.05, 4.69) is 0 Å². The van der Waals surface area contributed by atoms with Gasteiger partial charge in [-0.1, -0.05) is 42.5 Å². The van der Waals surface area contributed by atoms with Gasteiger partial charge in [-0.15, -0.1) is 0 Å². The molecule has 0 aliphatic heterocycles. The summed E-state index contributed by atoms with van der Waals surface area (Å²) in [6.07, 6.45) is 0. The van der Waals surface area contributed by atoms with Gasteiger partial charge in [-0.2, -0.15) is 0 Å². The van der Waals surface area contributed by atoms with Crippen molar-refractivity contribution in [1.82, 2.24) is 0 Å². The van der Waals surface area contributed by atoms with Crippen molar-refractivity contribution in [3.8, 4) is 11.1 Å². The van der Waals surface area contributed by atoms with Crippen molar-refractivity contribution in [2.45, 2.75) is 6.92 Å². The minimum Gasteiger partial charge on any atom is -0.398 e. The van der Waals surface area contributed by atoms with E-state index in [1.807, 2.05) is 48.5 Å². The van der Waals surface area contributed by atoms with Crippen LogP contribution in [0.15, 0.2) is 66.7 Å². The first-order valence-electron chi connectivity index (χ1n) is 7.60. The summed E-state index contributed by atoms with van der Waals surface area (Å²) in [4.78, 5) is 9.82. The van der Waals surface area contributed by atoms with Crippen LogP contribution >= 0.6 is 0 Å². The average Bonchev–Trinajstić information content (AvgIpc) is 2.59. The molecule has 6 heteroatoms. The highest BCUT2D eigenvalue weighted by molar-refractivity contribution is 5.83. The smallest absolute Gasteiger partial charge is 0.292 e. The number of nitrogen functional groups attached to an aromatic ring is 3. The highest BCUT2D eigenvalue weighted by Crippen LogP contribution is 2.29.